The molecule has 1 saturated carbocycles. The maximum Gasteiger partial charge on any atom is 0.314 e. The summed E-state index contributed by atoms with van der Waals surface area (Å²) >= 11 is 0. The molecule has 0 spiro atoms. The first-order valence-corrected chi connectivity index (χ1v) is 11.2. The van der Waals surface area contributed by atoms with Crippen LogP contribution in [-0.4, -0.2) is 77.9 Å². The van der Waals surface area contributed by atoms with Gasteiger partial charge in [0.15, 0.2) is 0 Å². The summed E-state index contributed by atoms with van der Waals surface area (Å²) in [5, 5.41) is 1.01. The summed E-state index contributed by atoms with van der Waals surface area (Å²) in [6.07, 6.45) is 7.45. The Morgan fingerprint density at radius 3 is 3.00 bits per heavy atom. The van der Waals surface area contributed by atoms with E-state index in [0.29, 0.717) is 25.1 Å². The Balaban J connectivity index is 1.41. The first-order chi connectivity index (χ1) is 14.7. The average molecular weight is 414 g/mol. The highest BCUT2D eigenvalue weighted by atomic mass is 16.5. The van der Waals surface area contributed by atoms with E-state index in [4.69, 9.17) is 9.47 Å². The largest absolute Gasteiger partial charge is 0.466 e. The molecule has 2 aromatic rings. The molecule has 3 fully saturated rings. The van der Waals surface area contributed by atoms with Crippen molar-refractivity contribution in [1.82, 2.24) is 19.9 Å². The van der Waals surface area contributed by atoms with Gasteiger partial charge in [-0.05, 0) is 44.6 Å². The minimum absolute atomic E-state index is 0.0282. The van der Waals surface area contributed by atoms with Crippen molar-refractivity contribution in [1.29, 1.82) is 0 Å². The zero-order valence-corrected chi connectivity index (χ0v) is 17.7. The number of nitrogens with zero attached hydrogens (tertiary/aromatic N) is 4. The lowest BCUT2D eigenvalue weighted by atomic mass is 9.61. The predicted molar refractivity (Wildman–Crippen MR) is 113 cm³/mol. The van der Waals surface area contributed by atoms with Crippen LogP contribution in [0.3, 0.4) is 0 Å². The van der Waals surface area contributed by atoms with Crippen LogP contribution in [0, 0.1) is 11.3 Å². The number of fused-ring (bicyclic) bond motifs is 2. The summed E-state index contributed by atoms with van der Waals surface area (Å²) in [6.45, 7) is 7.54. The lowest BCUT2D eigenvalue weighted by Gasteiger charge is -2.52. The van der Waals surface area contributed by atoms with Gasteiger partial charge in [-0.3, -0.25) is 9.69 Å². The molecule has 0 unspecified atom stereocenters. The summed E-state index contributed by atoms with van der Waals surface area (Å²) in [5.74, 6) is 1.23. The molecule has 4 heterocycles. The Morgan fingerprint density at radius 2 is 2.17 bits per heavy atom. The third-order valence-electron chi connectivity index (χ3n) is 7.36. The Labute approximate surface area is 176 Å². The standard InChI is InChI=1S/C22H31N5O3/c1-2-30-21(28)22-6-3-17(26-9-11-29-12-10-26)13-16(22)5-8-27(14-22)20-18-4-7-23-19(18)24-15-25-20/h4,7,15-17H,2-3,5-6,8-14H2,1H3,(H,23,24,25)/t16-,17+,22-/m1/s1. The number of esters is 1. The summed E-state index contributed by atoms with van der Waals surface area (Å²) < 4.78 is 11.2. The second-order valence-electron chi connectivity index (χ2n) is 8.80. The highest BCUT2D eigenvalue weighted by Gasteiger charge is 2.54. The van der Waals surface area contributed by atoms with Gasteiger partial charge in [-0.25, -0.2) is 9.97 Å². The Bertz CT molecular complexity index is 896. The maximum absolute atomic E-state index is 13.3. The van der Waals surface area contributed by atoms with Crippen LogP contribution in [0.4, 0.5) is 5.82 Å². The van der Waals surface area contributed by atoms with Crippen molar-refractivity contribution in [2.75, 3.05) is 50.9 Å². The molecule has 1 aliphatic carbocycles. The highest BCUT2D eigenvalue weighted by molar-refractivity contribution is 5.88. The second-order valence-corrected chi connectivity index (χ2v) is 8.80. The first kappa shape index (κ1) is 19.8. The van der Waals surface area contributed by atoms with Gasteiger partial charge in [0.2, 0.25) is 0 Å². The van der Waals surface area contributed by atoms with Gasteiger partial charge in [0.05, 0.1) is 30.6 Å². The van der Waals surface area contributed by atoms with Gasteiger partial charge in [-0.1, -0.05) is 0 Å². The van der Waals surface area contributed by atoms with Crippen LogP contribution in [0.25, 0.3) is 11.0 Å². The molecule has 30 heavy (non-hydrogen) atoms. The molecular weight excluding hydrogens is 382 g/mol. The van der Waals surface area contributed by atoms with Crippen LogP contribution in [0.1, 0.15) is 32.6 Å². The third-order valence-corrected chi connectivity index (χ3v) is 7.36. The van der Waals surface area contributed by atoms with Crippen molar-refractivity contribution in [3.63, 3.8) is 0 Å². The molecule has 8 nitrogen and oxygen atoms in total. The number of piperidine rings is 1. The van der Waals surface area contributed by atoms with Gasteiger partial charge in [-0.2, -0.15) is 0 Å². The van der Waals surface area contributed by atoms with Crippen molar-refractivity contribution < 1.29 is 14.3 Å². The Hall–Kier alpha value is -2.19. The highest BCUT2D eigenvalue weighted by Crippen LogP contribution is 2.49. The smallest absolute Gasteiger partial charge is 0.314 e. The molecule has 0 bridgehead atoms. The van der Waals surface area contributed by atoms with E-state index >= 15 is 0 Å². The van der Waals surface area contributed by atoms with Gasteiger partial charge >= 0.3 is 5.97 Å². The number of carbonyl (C=O) groups excluding carboxylic acids is 1. The number of anilines is 1. The lowest BCUT2D eigenvalue weighted by molar-refractivity contribution is -0.164. The number of hydrogen-bond donors (Lipinski definition) is 1. The zero-order valence-electron chi connectivity index (χ0n) is 17.7. The molecule has 3 atom stereocenters. The third kappa shape index (κ3) is 3.36. The molecule has 2 aliphatic heterocycles. The van der Waals surface area contributed by atoms with E-state index in [9.17, 15) is 4.79 Å². The van der Waals surface area contributed by atoms with Gasteiger partial charge in [0.25, 0.3) is 0 Å². The number of ether oxygens (including phenoxy) is 2. The van der Waals surface area contributed by atoms with Crippen molar-refractivity contribution >= 4 is 22.8 Å². The number of morpholine rings is 1. The van der Waals surface area contributed by atoms with Gasteiger partial charge in [-0.15, -0.1) is 0 Å². The first-order valence-electron chi connectivity index (χ1n) is 11.2. The minimum atomic E-state index is -0.454. The second kappa shape index (κ2) is 8.15. The normalized spacial score (nSPS) is 30.2. The molecule has 3 aliphatic rings. The van der Waals surface area contributed by atoms with Crippen LogP contribution < -0.4 is 4.90 Å². The van der Waals surface area contributed by atoms with Crippen LogP contribution in [-0.2, 0) is 14.3 Å². The molecule has 1 N–H and O–H groups in total. The monoisotopic (exact) mass is 413 g/mol. The van der Waals surface area contributed by atoms with Crippen LogP contribution in [0.2, 0.25) is 0 Å². The fourth-order valence-corrected chi connectivity index (χ4v) is 5.81. The topological polar surface area (TPSA) is 83.6 Å². The number of carbonyl (C=O) groups is 1. The average Bonchev–Trinajstić information content (AvgIpc) is 3.28. The fourth-order valence-electron chi connectivity index (χ4n) is 5.81. The van der Waals surface area contributed by atoms with Gasteiger partial charge in [0, 0.05) is 38.4 Å². The number of H-pyrrole nitrogens is 1. The number of hydrogen-bond acceptors (Lipinski definition) is 7. The molecule has 0 radical (unpaired) electrons. The summed E-state index contributed by atoms with van der Waals surface area (Å²) in [6, 6.07) is 2.56. The van der Waals surface area contributed by atoms with Crippen molar-refractivity contribution in [2.24, 2.45) is 11.3 Å². The SMILES string of the molecule is CCOC(=O)[C@@]12CC[C@H](N3CCOCC3)C[C@H]1CCN(c1ncnc3[nH]ccc13)C2. The molecule has 8 heteroatoms. The number of nitrogens with one attached hydrogen (secondary N) is 1. The van der Waals surface area contributed by atoms with Gasteiger partial charge < -0.3 is 19.4 Å². The minimum Gasteiger partial charge on any atom is -0.466 e. The van der Waals surface area contributed by atoms with Crippen LogP contribution >= 0.6 is 0 Å². The quantitative estimate of drug-likeness (QED) is 0.770. The molecule has 2 saturated heterocycles. The van der Waals surface area contributed by atoms with E-state index in [1.807, 2.05) is 19.2 Å². The van der Waals surface area contributed by atoms with Crippen molar-refractivity contribution in [3.05, 3.63) is 18.6 Å². The van der Waals surface area contributed by atoms with Gasteiger partial charge in [0.1, 0.15) is 17.8 Å². The molecule has 0 amide bonds. The van der Waals surface area contributed by atoms with Crippen molar-refractivity contribution in [2.45, 2.75) is 38.6 Å². The van der Waals surface area contributed by atoms with E-state index < -0.39 is 5.41 Å². The summed E-state index contributed by atoms with van der Waals surface area (Å²) in [7, 11) is 0. The fraction of sp³-hybridized carbons (Fsp3) is 0.682. The van der Waals surface area contributed by atoms with E-state index in [0.717, 1.165) is 75.4 Å². The molecule has 162 valence electrons. The molecule has 2 aromatic heterocycles. The van der Waals surface area contributed by atoms with E-state index in [2.05, 4.69) is 24.8 Å². The molecule has 0 aromatic carbocycles. The molecule has 5 rings (SSSR count). The number of aromatic amines is 1. The number of rotatable bonds is 4. The van der Waals surface area contributed by atoms with Crippen molar-refractivity contribution in [3.8, 4) is 0 Å². The number of aromatic nitrogens is 3. The zero-order chi connectivity index (χ0) is 20.6. The summed E-state index contributed by atoms with van der Waals surface area (Å²) in [4.78, 5) is 30.2. The maximum atomic E-state index is 13.3. The lowest BCUT2D eigenvalue weighted by Crippen LogP contribution is -2.59. The van der Waals surface area contributed by atoms with E-state index in [-0.39, 0.29) is 5.97 Å². The predicted octanol–water partition coefficient (Wildman–Crippen LogP) is 2.22. The van der Waals surface area contributed by atoms with E-state index in [1.165, 1.54) is 0 Å². The summed E-state index contributed by atoms with van der Waals surface area (Å²) in [5.41, 5.74) is 0.383. The Morgan fingerprint density at radius 1 is 1.30 bits per heavy atom. The van der Waals surface area contributed by atoms with Crippen LogP contribution in [0.15, 0.2) is 18.6 Å². The van der Waals surface area contributed by atoms with Crippen LogP contribution in [0.5, 0.6) is 0 Å². The Kier molecular flexibility index (Phi) is 5.37. The molecular formula is C22H31N5O3. The van der Waals surface area contributed by atoms with E-state index in [1.54, 1.807) is 6.33 Å².